The minimum Gasteiger partial charge on any atom is -0.489 e. The zero-order chi connectivity index (χ0) is 18.4. The van der Waals surface area contributed by atoms with Crippen LogP contribution in [0.3, 0.4) is 0 Å². The van der Waals surface area contributed by atoms with Crippen molar-refractivity contribution in [1.29, 1.82) is 0 Å². The Balaban J connectivity index is 0.00000261. The molecule has 0 fully saturated rings. The van der Waals surface area contributed by atoms with Gasteiger partial charge >= 0.3 is 0 Å². The van der Waals surface area contributed by atoms with E-state index in [0.717, 1.165) is 5.56 Å². The van der Waals surface area contributed by atoms with Crippen LogP contribution in [0.5, 0.6) is 17.2 Å². The van der Waals surface area contributed by atoms with Crippen molar-refractivity contribution in [2.75, 3.05) is 25.8 Å². The van der Waals surface area contributed by atoms with Crippen LogP contribution in [0.4, 0.5) is 5.69 Å². The molecule has 0 saturated heterocycles. The second-order valence-corrected chi connectivity index (χ2v) is 5.85. The van der Waals surface area contributed by atoms with Gasteiger partial charge in [0, 0.05) is 25.4 Å². The number of nitrogens with two attached hydrogens (primary N) is 1. The van der Waals surface area contributed by atoms with Gasteiger partial charge in [-0.15, -0.1) is 12.4 Å². The lowest BCUT2D eigenvalue weighted by molar-refractivity contribution is -0.118. The SMILES string of the molecule is COC(CN)CC(=O)Nc1cccc(COc2ccc3c(c2)OCO3)c1.Cl. The molecule has 1 amide bonds. The number of hydrogen-bond donors (Lipinski definition) is 2. The first-order chi connectivity index (χ1) is 12.7. The van der Waals surface area contributed by atoms with Crippen molar-refractivity contribution in [2.45, 2.75) is 19.1 Å². The number of fused-ring (bicyclic) bond motifs is 1. The number of benzene rings is 2. The summed E-state index contributed by atoms with van der Waals surface area (Å²) < 4.78 is 21.5. The lowest BCUT2D eigenvalue weighted by Crippen LogP contribution is -2.28. The molecule has 0 radical (unpaired) electrons. The summed E-state index contributed by atoms with van der Waals surface area (Å²) in [5, 5.41) is 2.85. The van der Waals surface area contributed by atoms with E-state index in [-0.39, 0.29) is 37.6 Å². The van der Waals surface area contributed by atoms with Gasteiger partial charge in [-0.3, -0.25) is 4.79 Å². The number of nitrogens with one attached hydrogen (secondary N) is 1. The Bertz CT molecular complexity index is 768. The first-order valence-electron chi connectivity index (χ1n) is 8.32. The Morgan fingerprint density at radius 2 is 2.04 bits per heavy atom. The fraction of sp³-hybridized carbons (Fsp3) is 0.316. The molecule has 2 aromatic carbocycles. The first-order valence-corrected chi connectivity index (χ1v) is 8.32. The smallest absolute Gasteiger partial charge is 0.231 e. The third kappa shape index (κ3) is 5.75. The van der Waals surface area contributed by atoms with E-state index in [1.807, 2.05) is 36.4 Å². The minimum atomic E-state index is -0.285. The van der Waals surface area contributed by atoms with Crippen LogP contribution >= 0.6 is 12.4 Å². The fourth-order valence-corrected chi connectivity index (χ4v) is 2.55. The molecule has 1 aliphatic heterocycles. The maximum Gasteiger partial charge on any atom is 0.231 e. The zero-order valence-electron chi connectivity index (χ0n) is 15.0. The van der Waals surface area contributed by atoms with Crippen LogP contribution in [0, 0.1) is 0 Å². The van der Waals surface area contributed by atoms with Gasteiger partial charge in [0.15, 0.2) is 11.5 Å². The van der Waals surface area contributed by atoms with Crippen LogP contribution in [-0.2, 0) is 16.1 Å². The molecule has 0 aliphatic carbocycles. The molecule has 2 aromatic rings. The number of carbonyl (C=O) groups is 1. The number of ether oxygens (including phenoxy) is 4. The molecule has 146 valence electrons. The Kier molecular flexibility index (Phi) is 7.72. The molecule has 0 saturated carbocycles. The Labute approximate surface area is 164 Å². The molecule has 1 atom stereocenters. The fourth-order valence-electron chi connectivity index (χ4n) is 2.55. The van der Waals surface area contributed by atoms with Gasteiger partial charge in [-0.25, -0.2) is 0 Å². The summed E-state index contributed by atoms with van der Waals surface area (Å²) >= 11 is 0. The van der Waals surface area contributed by atoms with Crippen molar-refractivity contribution in [2.24, 2.45) is 5.73 Å². The third-order valence-electron chi connectivity index (χ3n) is 3.97. The highest BCUT2D eigenvalue weighted by Gasteiger charge is 2.14. The van der Waals surface area contributed by atoms with Crippen molar-refractivity contribution >= 4 is 24.0 Å². The highest BCUT2D eigenvalue weighted by Crippen LogP contribution is 2.35. The molecule has 3 rings (SSSR count). The molecule has 8 heteroatoms. The summed E-state index contributed by atoms with van der Waals surface area (Å²) in [7, 11) is 1.54. The van der Waals surface area contributed by atoms with Crippen LogP contribution < -0.4 is 25.3 Å². The van der Waals surface area contributed by atoms with E-state index < -0.39 is 0 Å². The van der Waals surface area contributed by atoms with E-state index in [2.05, 4.69) is 5.32 Å². The molecular formula is C19H23ClN2O5. The maximum atomic E-state index is 12.0. The number of methoxy groups -OCH3 is 1. The first kappa shape index (κ1) is 20.8. The van der Waals surface area contributed by atoms with E-state index in [1.54, 1.807) is 13.2 Å². The van der Waals surface area contributed by atoms with E-state index >= 15 is 0 Å². The van der Waals surface area contributed by atoms with Crippen LogP contribution in [0.25, 0.3) is 0 Å². The highest BCUT2D eigenvalue weighted by atomic mass is 35.5. The molecule has 1 aliphatic rings. The van der Waals surface area contributed by atoms with Crippen molar-refractivity contribution in [3.8, 4) is 17.2 Å². The molecule has 1 heterocycles. The molecule has 3 N–H and O–H groups in total. The van der Waals surface area contributed by atoms with Gasteiger partial charge in [0.2, 0.25) is 12.7 Å². The van der Waals surface area contributed by atoms with Gasteiger partial charge in [0.05, 0.1) is 12.5 Å². The van der Waals surface area contributed by atoms with Gasteiger partial charge in [-0.05, 0) is 29.8 Å². The largest absolute Gasteiger partial charge is 0.489 e. The van der Waals surface area contributed by atoms with E-state index in [0.29, 0.717) is 36.1 Å². The van der Waals surface area contributed by atoms with Gasteiger partial charge in [0.1, 0.15) is 12.4 Å². The average Bonchev–Trinajstić information content (AvgIpc) is 3.12. The molecule has 0 bridgehead atoms. The van der Waals surface area contributed by atoms with E-state index in [9.17, 15) is 4.79 Å². The number of amides is 1. The summed E-state index contributed by atoms with van der Waals surface area (Å²) in [4.78, 5) is 12.0. The number of rotatable bonds is 8. The molecular weight excluding hydrogens is 372 g/mol. The number of anilines is 1. The van der Waals surface area contributed by atoms with Gasteiger partial charge in [-0.1, -0.05) is 12.1 Å². The monoisotopic (exact) mass is 394 g/mol. The lowest BCUT2D eigenvalue weighted by atomic mass is 10.2. The van der Waals surface area contributed by atoms with E-state index in [4.69, 9.17) is 24.7 Å². The Morgan fingerprint density at radius 3 is 2.81 bits per heavy atom. The van der Waals surface area contributed by atoms with Gasteiger partial charge < -0.3 is 30.0 Å². The summed E-state index contributed by atoms with van der Waals surface area (Å²) in [6.07, 6.45) is -0.0715. The van der Waals surface area contributed by atoms with Crippen LogP contribution in [0.2, 0.25) is 0 Å². The third-order valence-corrected chi connectivity index (χ3v) is 3.97. The Hall–Kier alpha value is -2.48. The van der Waals surface area contributed by atoms with Crippen LogP contribution in [-0.4, -0.2) is 32.5 Å². The number of hydrogen-bond acceptors (Lipinski definition) is 6. The maximum absolute atomic E-state index is 12.0. The molecule has 1 unspecified atom stereocenters. The quantitative estimate of drug-likeness (QED) is 0.715. The normalized spacial score (nSPS) is 12.8. The molecule has 27 heavy (non-hydrogen) atoms. The molecule has 7 nitrogen and oxygen atoms in total. The summed E-state index contributed by atoms with van der Waals surface area (Å²) in [5.74, 6) is 1.94. The van der Waals surface area contributed by atoms with Crippen molar-refractivity contribution in [3.05, 3.63) is 48.0 Å². The van der Waals surface area contributed by atoms with E-state index in [1.165, 1.54) is 0 Å². The molecule has 0 spiro atoms. The summed E-state index contributed by atoms with van der Waals surface area (Å²) in [5.41, 5.74) is 7.17. The average molecular weight is 395 g/mol. The minimum absolute atomic E-state index is 0. The van der Waals surface area contributed by atoms with Crippen molar-refractivity contribution in [3.63, 3.8) is 0 Å². The van der Waals surface area contributed by atoms with Gasteiger partial charge in [0.25, 0.3) is 0 Å². The summed E-state index contributed by atoms with van der Waals surface area (Å²) in [6.45, 7) is 0.898. The van der Waals surface area contributed by atoms with Crippen LogP contribution in [0.15, 0.2) is 42.5 Å². The number of halogens is 1. The standard InChI is InChI=1S/C19H22N2O5.ClH/c1-23-16(10-20)9-19(22)21-14-4-2-3-13(7-14)11-24-15-5-6-17-18(8-15)26-12-25-17;/h2-8,16H,9-12,20H2,1H3,(H,21,22);1H. The lowest BCUT2D eigenvalue weighted by Gasteiger charge is -2.13. The van der Waals surface area contributed by atoms with Crippen molar-refractivity contribution in [1.82, 2.24) is 0 Å². The Morgan fingerprint density at radius 1 is 1.22 bits per heavy atom. The second-order valence-electron chi connectivity index (χ2n) is 5.85. The molecule has 0 aromatic heterocycles. The highest BCUT2D eigenvalue weighted by molar-refractivity contribution is 5.91. The van der Waals surface area contributed by atoms with Gasteiger partial charge in [-0.2, -0.15) is 0 Å². The van der Waals surface area contributed by atoms with Crippen molar-refractivity contribution < 1.29 is 23.7 Å². The predicted octanol–water partition coefficient (Wildman–Crippen LogP) is 2.72. The van der Waals surface area contributed by atoms with Crippen LogP contribution in [0.1, 0.15) is 12.0 Å². The zero-order valence-corrected chi connectivity index (χ0v) is 15.8. The summed E-state index contributed by atoms with van der Waals surface area (Å²) in [6, 6.07) is 12.9. The predicted molar refractivity (Wildman–Crippen MR) is 104 cm³/mol. The topological polar surface area (TPSA) is 92.0 Å². The number of carbonyl (C=O) groups excluding carboxylic acids is 1. The second kappa shape index (κ2) is 10.0.